The molecule has 1 aromatic carbocycles. The molecule has 2 amide bonds. The highest BCUT2D eigenvalue weighted by atomic mass is 35.5. The van der Waals surface area contributed by atoms with Crippen molar-refractivity contribution in [3.8, 4) is 5.75 Å². The summed E-state index contributed by atoms with van der Waals surface area (Å²) in [6, 6.07) is 2.72. The lowest BCUT2D eigenvalue weighted by Gasteiger charge is -2.37. The number of hydrogen-bond donors (Lipinski definition) is 1. The number of fused-ring (bicyclic) bond motifs is 1. The molecule has 8 heteroatoms. The second-order valence-corrected chi connectivity index (χ2v) is 6.04. The van der Waals surface area contributed by atoms with Crippen molar-refractivity contribution in [2.45, 2.75) is 19.8 Å². The summed E-state index contributed by atoms with van der Waals surface area (Å²) in [6.45, 7) is 2.70. The summed E-state index contributed by atoms with van der Waals surface area (Å²) in [5.74, 6) is -0.515. The number of hydrazine groups is 1. The molecule has 0 atom stereocenters. The van der Waals surface area contributed by atoms with Crippen LogP contribution in [0, 0.1) is 5.82 Å². The normalized spacial score (nSPS) is 18.4. The number of benzene rings is 1. The van der Waals surface area contributed by atoms with Crippen LogP contribution in [0.5, 0.6) is 5.75 Å². The van der Waals surface area contributed by atoms with Gasteiger partial charge < -0.3 is 10.1 Å². The minimum absolute atomic E-state index is 0.135. The molecule has 3 rings (SSSR count). The number of halogens is 2. The number of carbonyl (C=O) groups is 2. The Morgan fingerprint density at radius 1 is 1.38 bits per heavy atom. The Bertz CT molecular complexity index is 723. The first-order valence-electron chi connectivity index (χ1n) is 7.63. The predicted molar refractivity (Wildman–Crippen MR) is 87.7 cm³/mol. The Morgan fingerprint density at radius 3 is 2.88 bits per heavy atom. The van der Waals surface area contributed by atoms with E-state index in [2.05, 4.69) is 5.32 Å². The van der Waals surface area contributed by atoms with Crippen molar-refractivity contribution in [3.63, 3.8) is 0 Å². The molecule has 1 aromatic rings. The second-order valence-electron chi connectivity index (χ2n) is 5.68. The first-order chi connectivity index (χ1) is 11.5. The maximum atomic E-state index is 14.4. The Balaban J connectivity index is 1.99. The molecule has 2 heterocycles. The van der Waals surface area contributed by atoms with Gasteiger partial charge in [0.15, 0.2) is 6.61 Å². The van der Waals surface area contributed by atoms with E-state index in [9.17, 15) is 14.0 Å². The van der Waals surface area contributed by atoms with Gasteiger partial charge in [0.2, 0.25) is 6.41 Å². The molecule has 0 spiro atoms. The van der Waals surface area contributed by atoms with E-state index >= 15 is 0 Å². The second kappa shape index (κ2) is 6.68. The van der Waals surface area contributed by atoms with Crippen LogP contribution in [0.25, 0.3) is 5.57 Å². The van der Waals surface area contributed by atoms with Gasteiger partial charge in [-0.3, -0.25) is 19.6 Å². The molecule has 0 aromatic heterocycles. The van der Waals surface area contributed by atoms with Gasteiger partial charge in [-0.15, -0.1) is 0 Å². The fraction of sp³-hybridized carbons (Fsp3) is 0.375. The summed E-state index contributed by atoms with van der Waals surface area (Å²) in [4.78, 5) is 22.6. The van der Waals surface area contributed by atoms with E-state index in [0.29, 0.717) is 30.8 Å². The zero-order chi connectivity index (χ0) is 17.3. The van der Waals surface area contributed by atoms with Gasteiger partial charge in [0.25, 0.3) is 5.91 Å². The van der Waals surface area contributed by atoms with Gasteiger partial charge in [-0.1, -0.05) is 11.6 Å². The number of anilines is 1. The Kier molecular flexibility index (Phi) is 4.62. The molecule has 2 aliphatic heterocycles. The Morgan fingerprint density at radius 2 is 2.12 bits per heavy atom. The van der Waals surface area contributed by atoms with Crippen molar-refractivity contribution >= 4 is 35.2 Å². The van der Waals surface area contributed by atoms with E-state index < -0.39 is 5.82 Å². The molecule has 2 aliphatic rings. The number of carbonyl (C=O) groups excluding carboxylic acids is 2. The first-order valence-corrected chi connectivity index (χ1v) is 8.01. The van der Waals surface area contributed by atoms with Crippen molar-refractivity contribution in [2.24, 2.45) is 0 Å². The quantitative estimate of drug-likeness (QED) is 0.670. The molecule has 24 heavy (non-hydrogen) atoms. The molecule has 0 bridgehead atoms. The number of nitrogens with zero attached hydrogens (tertiary/aromatic N) is 2. The van der Waals surface area contributed by atoms with Gasteiger partial charge in [0.1, 0.15) is 16.7 Å². The molecule has 0 aliphatic carbocycles. The lowest BCUT2D eigenvalue weighted by molar-refractivity contribution is -0.133. The summed E-state index contributed by atoms with van der Waals surface area (Å²) in [5, 5.41) is 6.05. The van der Waals surface area contributed by atoms with Crippen molar-refractivity contribution in [1.82, 2.24) is 10.0 Å². The minimum atomic E-state index is -0.504. The standard InChI is InChI=1S/C16H17ClFN3O3/c1-10(16(17)21-5-3-2-4-20(21)9-22)11-6-13-14(7-12(11)18)24-8-15(23)19-13/h6-7,9H,2-5,8H2,1H3,(H,19,23)/b16-10+. The van der Waals surface area contributed by atoms with Crippen molar-refractivity contribution < 1.29 is 18.7 Å². The molecular formula is C16H17ClFN3O3. The predicted octanol–water partition coefficient (Wildman–Crippen LogP) is 2.55. The number of nitrogens with one attached hydrogen (secondary N) is 1. The van der Waals surface area contributed by atoms with Crippen LogP contribution in [0.15, 0.2) is 17.3 Å². The molecule has 0 unspecified atom stereocenters. The fourth-order valence-electron chi connectivity index (χ4n) is 2.80. The molecule has 6 nitrogen and oxygen atoms in total. The monoisotopic (exact) mass is 353 g/mol. The Labute approximate surface area is 143 Å². The summed E-state index contributed by atoms with van der Waals surface area (Å²) >= 11 is 6.42. The van der Waals surface area contributed by atoms with Gasteiger partial charge in [0, 0.05) is 24.7 Å². The zero-order valence-corrected chi connectivity index (χ0v) is 13.9. The third-order valence-electron chi connectivity index (χ3n) is 4.08. The molecule has 1 fully saturated rings. The SMILES string of the molecule is C/C(=C(/Cl)N1CCCCN1C=O)c1cc2c(cc1F)OCC(=O)N2. The maximum absolute atomic E-state index is 14.4. The van der Waals surface area contributed by atoms with Crippen molar-refractivity contribution in [2.75, 3.05) is 25.0 Å². The van der Waals surface area contributed by atoms with Crippen LogP contribution < -0.4 is 10.1 Å². The zero-order valence-electron chi connectivity index (χ0n) is 13.1. The number of allylic oxidation sites excluding steroid dienone is 1. The number of rotatable bonds is 3. The Hall–Kier alpha value is -2.28. The van der Waals surface area contributed by atoms with Crippen LogP contribution in [-0.2, 0) is 9.59 Å². The number of ether oxygens (including phenoxy) is 1. The van der Waals surface area contributed by atoms with Crippen LogP contribution >= 0.6 is 11.6 Å². The highest BCUT2D eigenvalue weighted by molar-refractivity contribution is 6.32. The first kappa shape index (κ1) is 16.6. The molecule has 1 N–H and O–H groups in total. The molecule has 128 valence electrons. The average Bonchev–Trinajstić information content (AvgIpc) is 2.60. The summed E-state index contributed by atoms with van der Waals surface area (Å²) < 4.78 is 19.6. The van der Waals surface area contributed by atoms with E-state index in [1.807, 2.05) is 0 Å². The largest absolute Gasteiger partial charge is 0.481 e. The number of amides is 2. The lowest BCUT2D eigenvalue weighted by Crippen LogP contribution is -2.44. The fourth-order valence-corrected chi connectivity index (χ4v) is 3.08. The van der Waals surface area contributed by atoms with Gasteiger partial charge in [-0.05, 0) is 31.4 Å². The summed E-state index contributed by atoms with van der Waals surface area (Å²) in [5.41, 5.74) is 1.13. The van der Waals surface area contributed by atoms with Gasteiger partial charge >= 0.3 is 0 Å². The van der Waals surface area contributed by atoms with Gasteiger partial charge in [-0.2, -0.15) is 0 Å². The van der Waals surface area contributed by atoms with E-state index in [-0.39, 0.29) is 29.0 Å². The topological polar surface area (TPSA) is 61.9 Å². The van der Waals surface area contributed by atoms with Crippen LogP contribution in [0.3, 0.4) is 0 Å². The average molecular weight is 354 g/mol. The molecule has 0 saturated carbocycles. The van der Waals surface area contributed by atoms with Crippen molar-refractivity contribution in [1.29, 1.82) is 0 Å². The molecule has 0 radical (unpaired) electrons. The van der Waals surface area contributed by atoms with Crippen molar-refractivity contribution in [3.05, 3.63) is 28.7 Å². The summed E-state index contributed by atoms with van der Waals surface area (Å²) in [6.07, 6.45) is 2.51. The summed E-state index contributed by atoms with van der Waals surface area (Å²) in [7, 11) is 0. The highest BCUT2D eigenvalue weighted by Crippen LogP contribution is 2.35. The van der Waals surface area contributed by atoms with E-state index in [0.717, 1.165) is 12.8 Å². The van der Waals surface area contributed by atoms with Gasteiger partial charge in [0.05, 0.1) is 5.69 Å². The van der Waals surface area contributed by atoms with E-state index in [4.69, 9.17) is 16.3 Å². The van der Waals surface area contributed by atoms with Gasteiger partial charge in [-0.25, -0.2) is 4.39 Å². The minimum Gasteiger partial charge on any atom is -0.481 e. The van der Waals surface area contributed by atoms with E-state index in [1.54, 1.807) is 11.9 Å². The number of hydrogen-bond acceptors (Lipinski definition) is 4. The van der Waals surface area contributed by atoms with Crippen LogP contribution in [-0.4, -0.2) is 42.0 Å². The maximum Gasteiger partial charge on any atom is 0.262 e. The smallest absolute Gasteiger partial charge is 0.262 e. The van der Waals surface area contributed by atoms with Crippen LogP contribution in [0.2, 0.25) is 0 Å². The van der Waals surface area contributed by atoms with Crippen LogP contribution in [0.1, 0.15) is 25.3 Å². The lowest BCUT2D eigenvalue weighted by atomic mass is 10.1. The van der Waals surface area contributed by atoms with E-state index in [1.165, 1.54) is 17.1 Å². The molecule has 1 saturated heterocycles. The third kappa shape index (κ3) is 3.03. The molecular weight excluding hydrogens is 337 g/mol. The van der Waals surface area contributed by atoms with Crippen LogP contribution in [0.4, 0.5) is 10.1 Å². The third-order valence-corrected chi connectivity index (χ3v) is 4.56. The highest BCUT2D eigenvalue weighted by Gasteiger charge is 2.24.